The zero-order valence-corrected chi connectivity index (χ0v) is 36.3. The zero-order valence-electron chi connectivity index (χ0n) is 36.3. The Balaban J connectivity index is 2.29. The van der Waals surface area contributed by atoms with Crippen molar-refractivity contribution in [3.05, 3.63) is 0 Å². The van der Waals surface area contributed by atoms with Crippen LogP contribution in [-0.2, 0) is 43.2 Å². The van der Waals surface area contributed by atoms with E-state index in [-0.39, 0.29) is 44.2 Å². The average molecular weight is 865 g/mol. The molecule has 0 aromatic carbocycles. The predicted octanol–water partition coefficient (Wildman–Crippen LogP) is -3.30. The van der Waals surface area contributed by atoms with Gasteiger partial charge in [-0.15, -0.1) is 0 Å². The van der Waals surface area contributed by atoms with E-state index in [2.05, 4.69) is 36.9 Å². The number of guanidine groups is 1. The summed E-state index contributed by atoms with van der Waals surface area (Å²) in [7, 11) is 0. The lowest BCUT2D eigenvalue weighted by atomic mass is 9.96. The third-order valence-corrected chi connectivity index (χ3v) is 10.7. The van der Waals surface area contributed by atoms with Gasteiger partial charge in [-0.2, -0.15) is 0 Å². The molecular formula is C39H68N12O10. The first-order chi connectivity index (χ1) is 28.8. The normalized spacial score (nSPS) is 19.5. The molecule has 2 aliphatic heterocycles. The Morgan fingerprint density at radius 2 is 1.25 bits per heavy atom. The Bertz CT molecular complexity index is 1590. The van der Waals surface area contributed by atoms with Gasteiger partial charge >= 0.3 is 0 Å². The van der Waals surface area contributed by atoms with Crippen LogP contribution in [0.2, 0.25) is 0 Å². The van der Waals surface area contributed by atoms with E-state index in [0.717, 1.165) is 6.92 Å². The summed E-state index contributed by atoms with van der Waals surface area (Å²) in [5.74, 6) is -6.69. The molecule has 13 N–H and O–H groups in total. The van der Waals surface area contributed by atoms with Crippen molar-refractivity contribution in [1.82, 2.24) is 41.7 Å². The number of hydrogen-bond acceptors (Lipinski definition) is 11. The van der Waals surface area contributed by atoms with Crippen molar-refractivity contribution < 1.29 is 48.3 Å². The number of primary amides is 1. The number of nitrogens with two attached hydrogens (primary N) is 3. The van der Waals surface area contributed by atoms with Crippen molar-refractivity contribution >= 4 is 59.1 Å². The Morgan fingerprint density at radius 1 is 0.705 bits per heavy atom. The third-order valence-electron chi connectivity index (χ3n) is 10.7. The lowest BCUT2D eigenvalue weighted by molar-refractivity contribution is -0.145. The van der Waals surface area contributed by atoms with Gasteiger partial charge in [-0.25, -0.2) is 0 Å². The highest BCUT2D eigenvalue weighted by atomic mass is 16.3. The molecule has 0 unspecified atom stereocenters. The van der Waals surface area contributed by atoms with Crippen LogP contribution < -0.4 is 49.1 Å². The van der Waals surface area contributed by atoms with Gasteiger partial charge in [0.2, 0.25) is 53.2 Å². The monoisotopic (exact) mass is 865 g/mol. The molecule has 61 heavy (non-hydrogen) atoms. The van der Waals surface area contributed by atoms with E-state index >= 15 is 0 Å². The Kier molecular flexibility index (Phi) is 21.4. The standard InChI is InChI=1S/C39H68N12O10/c1-7-13-24(47-36(59)31(22(5)52)49-35(58)30(21(4)8-2)48-32(55)26(20-29(40)54)45-23(6)53)37(60)51-19-12-16-28(51)34(57)46-25(14-10-17-44-39(41)42)38(61)50-18-11-15-27(50)33(56)43-9-3/h21-22,24-28,30-31,52H,7-20H2,1-6H3,(H2,40,54)(H,43,56)(H,45,53)(H,46,57)(H,47,59)(H,48,55)(H,49,58)(H4,41,42,44)/t21-,22+,24-,25-,26-,27-,28-,30+,31-/m0/s1. The van der Waals surface area contributed by atoms with Crippen LogP contribution >= 0.6 is 0 Å². The fourth-order valence-corrected chi connectivity index (χ4v) is 7.39. The van der Waals surface area contributed by atoms with E-state index in [4.69, 9.17) is 17.2 Å². The second-order valence-electron chi connectivity index (χ2n) is 15.7. The summed E-state index contributed by atoms with van der Waals surface area (Å²) in [5, 5.41) is 26.2. The minimum atomic E-state index is -1.60. The molecule has 2 saturated heterocycles. The van der Waals surface area contributed by atoms with Gasteiger partial charge in [0.05, 0.1) is 12.5 Å². The highest BCUT2D eigenvalue weighted by molar-refractivity contribution is 5.98. The maximum absolute atomic E-state index is 14.2. The molecule has 0 bridgehead atoms. The molecule has 0 aromatic heterocycles. The molecule has 2 rings (SSSR count). The molecule has 2 fully saturated rings. The van der Waals surface area contributed by atoms with E-state index in [1.54, 1.807) is 27.7 Å². The van der Waals surface area contributed by atoms with Crippen molar-refractivity contribution in [2.24, 2.45) is 28.1 Å². The van der Waals surface area contributed by atoms with E-state index in [1.807, 2.05) is 0 Å². The number of likely N-dealkylation sites (tertiary alicyclic amines) is 2. The number of aliphatic hydroxyl groups is 1. The molecule has 2 aliphatic rings. The maximum Gasteiger partial charge on any atom is 0.245 e. The molecular weight excluding hydrogens is 797 g/mol. The van der Waals surface area contributed by atoms with E-state index < -0.39 is 108 Å². The van der Waals surface area contributed by atoms with Crippen molar-refractivity contribution in [2.75, 3.05) is 26.2 Å². The van der Waals surface area contributed by atoms with Gasteiger partial charge in [0.15, 0.2) is 5.96 Å². The van der Waals surface area contributed by atoms with Crippen molar-refractivity contribution in [3.63, 3.8) is 0 Å². The quantitative estimate of drug-likeness (QED) is 0.0259. The number of aliphatic hydroxyl groups excluding tert-OH is 1. The van der Waals surface area contributed by atoms with Crippen molar-refractivity contribution in [2.45, 2.75) is 154 Å². The van der Waals surface area contributed by atoms with Crippen LogP contribution in [0, 0.1) is 5.92 Å². The van der Waals surface area contributed by atoms with Crippen LogP contribution in [0.25, 0.3) is 0 Å². The highest BCUT2D eigenvalue weighted by Crippen LogP contribution is 2.23. The van der Waals surface area contributed by atoms with Crippen molar-refractivity contribution in [3.8, 4) is 0 Å². The molecule has 22 nitrogen and oxygen atoms in total. The summed E-state index contributed by atoms with van der Waals surface area (Å²) in [5.41, 5.74) is 16.2. The molecule has 9 amide bonds. The molecule has 344 valence electrons. The summed E-state index contributed by atoms with van der Waals surface area (Å²) in [6, 6.07) is -8.19. The number of nitrogens with zero attached hydrogens (tertiary/aromatic N) is 3. The fraction of sp³-hybridized carbons (Fsp3) is 0.744. The lowest BCUT2D eigenvalue weighted by Gasteiger charge is -2.32. The number of carbonyl (C=O) groups is 9. The number of rotatable bonds is 24. The van der Waals surface area contributed by atoms with Gasteiger partial charge in [-0.05, 0) is 64.7 Å². The van der Waals surface area contributed by atoms with Gasteiger partial charge in [-0.1, -0.05) is 33.6 Å². The third kappa shape index (κ3) is 15.8. The first-order valence-electron chi connectivity index (χ1n) is 21.2. The number of carbonyl (C=O) groups excluding carboxylic acids is 9. The largest absolute Gasteiger partial charge is 0.391 e. The number of nitrogens with one attached hydrogen (secondary N) is 6. The average Bonchev–Trinajstić information content (AvgIpc) is 3.89. The van der Waals surface area contributed by atoms with Crippen LogP contribution in [0.15, 0.2) is 4.99 Å². The molecule has 0 aliphatic carbocycles. The van der Waals surface area contributed by atoms with Gasteiger partial charge in [0.1, 0.15) is 42.3 Å². The summed E-state index contributed by atoms with van der Waals surface area (Å²) < 4.78 is 0. The summed E-state index contributed by atoms with van der Waals surface area (Å²) in [4.78, 5) is 126. The number of amides is 9. The summed E-state index contributed by atoms with van der Waals surface area (Å²) in [6.45, 7) is 10.4. The summed E-state index contributed by atoms with van der Waals surface area (Å²) >= 11 is 0. The molecule has 0 saturated carbocycles. The molecule has 0 spiro atoms. The van der Waals surface area contributed by atoms with E-state index in [9.17, 15) is 48.3 Å². The second kappa shape index (κ2) is 25.3. The SMILES string of the molecule is CCC[C@H](NC(=O)[C@@H](NC(=O)[C@H](NC(=O)[C@H](CC(N)=O)NC(C)=O)[C@@H](C)CC)[C@@H](C)O)C(=O)N1CCC[C@H]1C(=O)N[C@@H](CCCN=C(N)N)C(=O)N1CCC[C@H]1C(=O)NCC. The van der Waals surface area contributed by atoms with Gasteiger partial charge in [0.25, 0.3) is 0 Å². The van der Waals surface area contributed by atoms with Gasteiger partial charge in [-0.3, -0.25) is 48.1 Å². The van der Waals surface area contributed by atoms with Gasteiger partial charge < -0.3 is 64.0 Å². The summed E-state index contributed by atoms with van der Waals surface area (Å²) in [6.07, 6.45) is 1.17. The van der Waals surface area contributed by atoms with Crippen LogP contribution in [0.4, 0.5) is 0 Å². The highest BCUT2D eigenvalue weighted by Gasteiger charge is 2.42. The van der Waals surface area contributed by atoms with Crippen molar-refractivity contribution in [1.29, 1.82) is 0 Å². The predicted molar refractivity (Wildman–Crippen MR) is 223 cm³/mol. The van der Waals surface area contributed by atoms with Crippen LogP contribution in [-0.4, -0.2) is 149 Å². The molecule has 9 atom stereocenters. The number of hydrogen-bond donors (Lipinski definition) is 10. The Morgan fingerprint density at radius 3 is 1.74 bits per heavy atom. The first-order valence-corrected chi connectivity index (χ1v) is 21.2. The Labute approximate surface area is 357 Å². The first kappa shape index (κ1) is 51.6. The maximum atomic E-state index is 14.2. The van der Waals surface area contributed by atoms with Crippen LogP contribution in [0.3, 0.4) is 0 Å². The lowest BCUT2D eigenvalue weighted by Crippen LogP contribution is -2.62. The van der Waals surface area contributed by atoms with E-state index in [0.29, 0.717) is 51.6 Å². The number of aliphatic imine (C=N–C) groups is 1. The Hall–Kier alpha value is -5.54. The van der Waals surface area contributed by atoms with Gasteiger partial charge in [0, 0.05) is 33.1 Å². The second-order valence-corrected chi connectivity index (χ2v) is 15.7. The van der Waals surface area contributed by atoms with Crippen LogP contribution in [0.5, 0.6) is 0 Å². The molecule has 0 radical (unpaired) electrons. The molecule has 22 heteroatoms. The topological polar surface area (TPSA) is 343 Å². The molecule has 2 heterocycles. The minimum absolute atomic E-state index is 0.130. The fourth-order valence-electron chi connectivity index (χ4n) is 7.39. The minimum Gasteiger partial charge on any atom is -0.391 e. The zero-order chi connectivity index (χ0) is 46.0. The smallest absolute Gasteiger partial charge is 0.245 e. The number of likely N-dealkylation sites (N-methyl/N-ethyl adjacent to an activating group) is 1. The molecule has 0 aromatic rings. The van der Waals surface area contributed by atoms with E-state index in [1.165, 1.54) is 16.7 Å². The van der Waals surface area contributed by atoms with Crippen LogP contribution in [0.1, 0.15) is 106 Å².